The van der Waals surface area contributed by atoms with Gasteiger partial charge in [-0.1, -0.05) is 0 Å². The Hall–Kier alpha value is -3.30. The largest absolute Gasteiger partial charge is 0.355 e. The predicted molar refractivity (Wildman–Crippen MR) is 95.3 cm³/mol. The maximum absolute atomic E-state index is 4.62. The van der Waals surface area contributed by atoms with Gasteiger partial charge in [-0.05, 0) is 25.5 Å². The van der Waals surface area contributed by atoms with E-state index >= 15 is 0 Å². The number of nitrogens with zero attached hydrogens (tertiary/aromatic N) is 10. The minimum absolute atomic E-state index is 0.640. The van der Waals surface area contributed by atoms with Crippen LogP contribution in [0.4, 0.5) is 11.6 Å². The summed E-state index contributed by atoms with van der Waals surface area (Å²) in [7, 11) is 0. The van der Waals surface area contributed by atoms with Gasteiger partial charge in [0.2, 0.25) is 0 Å². The SMILES string of the molecule is Cc1cc(N2CCCN(c3ccc4nncn4n3)CC2)n2ncnc2n1. The van der Waals surface area contributed by atoms with Crippen LogP contribution in [0.2, 0.25) is 0 Å². The Kier molecular flexibility index (Phi) is 3.40. The fraction of sp³-hybridized carbons (Fsp3) is 0.375. The molecule has 0 saturated carbocycles. The third-order valence-electron chi connectivity index (χ3n) is 4.65. The van der Waals surface area contributed by atoms with Gasteiger partial charge in [0.15, 0.2) is 5.65 Å². The minimum Gasteiger partial charge on any atom is -0.355 e. The average Bonchev–Trinajstić information content (AvgIpc) is 3.23. The Bertz CT molecular complexity index is 1070. The van der Waals surface area contributed by atoms with Gasteiger partial charge in [0, 0.05) is 37.9 Å². The zero-order chi connectivity index (χ0) is 17.5. The lowest BCUT2D eigenvalue weighted by molar-refractivity contribution is 0.767. The highest BCUT2D eigenvalue weighted by Gasteiger charge is 2.19. The molecule has 1 fully saturated rings. The van der Waals surface area contributed by atoms with Crippen molar-refractivity contribution in [2.45, 2.75) is 13.3 Å². The van der Waals surface area contributed by atoms with Crippen LogP contribution in [-0.2, 0) is 0 Å². The first-order chi connectivity index (χ1) is 12.8. The van der Waals surface area contributed by atoms with Gasteiger partial charge in [-0.3, -0.25) is 0 Å². The third-order valence-corrected chi connectivity index (χ3v) is 4.65. The fourth-order valence-electron chi connectivity index (χ4n) is 3.40. The predicted octanol–water partition coefficient (Wildman–Crippen LogP) is 0.587. The van der Waals surface area contributed by atoms with Crippen molar-refractivity contribution in [3.05, 3.63) is 36.5 Å². The quantitative estimate of drug-likeness (QED) is 0.518. The maximum Gasteiger partial charge on any atom is 0.254 e. The molecule has 4 aromatic heterocycles. The zero-order valence-electron chi connectivity index (χ0n) is 14.4. The molecule has 0 aromatic carbocycles. The summed E-state index contributed by atoms with van der Waals surface area (Å²) in [5.41, 5.74) is 1.70. The molecule has 10 nitrogen and oxygen atoms in total. The Balaban J connectivity index is 1.42. The van der Waals surface area contributed by atoms with Gasteiger partial charge < -0.3 is 9.80 Å². The van der Waals surface area contributed by atoms with Gasteiger partial charge in [0.05, 0.1) is 0 Å². The molecule has 1 aliphatic heterocycles. The highest BCUT2D eigenvalue weighted by molar-refractivity contribution is 5.49. The molecule has 10 heteroatoms. The number of aryl methyl sites for hydroxylation is 1. The van der Waals surface area contributed by atoms with E-state index < -0.39 is 0 Å². The lowest BCUT2D eigenvalue weighted by Gasteiger charge is -2.24. The molecule has 1 aliphatic rings. The van der Waals surface area contributed by atoms with E-state index in [9.17, 15) is 0 Å². The Morgan fingerprint density at radius 3 is 2.88 bits per heavy atom. The highest BCUT2D eigenvalue weighted by atomic mass is 15.4. The van der Waals surface area contributed by atoms with E-state index in [4.69, 9.17) is 0 Å². The van der Waals surface area contributed by atoms with Gasteiger partial charge in [-0.25, -0.2) is 4.98 Å². The van der Waals surface area contributed by atoms with Crippen LogP contribution < -0.4 is 9.80 Å². The lowest BCUT2D eigenvalue weighted by Crippen LogP contribution is -2.32. The smallest absolute Gasteiger partial charge is 0.254 e. The molecule has 5 rings (SSSR count). The Morgan fingerprint density at radius 1 is 1.04 bits per heavy atom. The van der Waals surface area contributed by atoms with Crippen LogP contribution in [0.15, 0.2) is 30.9 Å². The van der Waals surface area contributed by atoms with Crippen LogP contribution in [-0.4, -0.2) is 65.6 Å². The minimum atomic E-state index is 0.640. The van der Waals surface area contributed by atoms with Crippen molar-refractivity contribution < 1.29 is 0 Å². The summed E-state index contributed by atoms with van der Waals surface area (Å²) in [5, 5.41) is 16.8. The summed E-state index contributed by atoms with van der Waals surface area (Å²) in [6.45, 7) is 5.63. The fourth-order valence-corrected chi connectivity index (χ4v) is 3.40. The molecular weight excluding hydrogens is 332 g/mol. The monoisotopic (exact) mass is 350 g/mol. The first-order valence-electron chi connectivity index (χ1n) is 8.62. The van der Waals surface area contributed by atoms with Crippen molar-refractivity contribution in [1.29, 1.82) is 0 Å². The van der Waals surface area contributed by atoms with E-state index in [0.717, 1.165) is 55.6 Å². The average molecular weight is 350 g/mol. The van der Waals surface area contributed by atoms with Crippen LogP contribution in [0.25, 0.3) is 11.4 Å². The third kappa shape index (κ3) is 2.50. The standard InChI is InChI=1S/C16H18N10/c1-12-9-15(26-16(20-12)17-10-19-26)24-6-2-5-23(7-8-24)14-4-3-13-21-18-11-25(13)22-14/h3-4,9-11H,2,5-8H2,1H3. The summed E-state index contributed by atoms with van der Waals surface area (Å²) in [6.07, 6.45) is 4.21. The summed E-state index contributed by atoms with van der Waals surface area (Å²) >= 11 is 0. The van der Waals surface area contributed by atoms with E-state index in [0.29, 0.717) is 5.78 Å². The molecule has 132 valence electrons. The first kappa shape index (κ1) is 15.0. The van der Waals surface area contributed by atoms with Crippen LogP contribution >= 0.6 is 0 Å². The number of anilines is 2. The van der Waals surface area contributed by atoms with Gasteiger partial charge in [0.25, 0.3) is 5.78 Å². The van der Waals surface area contributed by atoms with Gasteiger partial charge >= 0.3 is 0 Å². The first-order valence-corrected chi connectivity index (χ1v) is 8.62. The summed E-state index contributed by atoms with van der Waals surface area (Å²) in [5.74, 6) is 2.62. The number of hydrogen-bond donors (Lipinski definition) is 0. The van der Waals surface area contributed by atoms with Crippen molar-refractivity contribution in [3.8, 4) is 0 Å². The molecule has 0 radical (unpaired) electrons. The summed E-state index contributed by atoms with van der Waals surface area (Å²) in [6, 6.07) is 6.02. The number of hydrogen-bond acceptors (Lipinski definition) is 8. The number of aromatic nitrogens is 8. The van der Waals surface area contributed by atoms with E-state index in [-0.39, 0.29) is 0 Å². The van der Waals surface area contributed by atoms with Gasteiger partial charge in [-0.2, -0.15) is 19.1 Å². The Morgan fingerprint density at radius 2 is 1.92 bits per heavy atom. The van der Waals surface area contributed by atoms with E-state index in [1.807, 2.05) is 23.6 Å². The van der Waals surface area contributed by atoms with Crippen molar-refractivity contribution in [3.63, 3.8) is 0 Å². The molecule has 0 amide bonds. The molecule has 5 heterocycles. The maximum atomic E-state index is 4.62. The topological polar surface area (TPSA) is 92.6 Å². The molecule has 0 atom stereocenters. The van der Waals surface area contributed by atoms with Crippen molar-refractivity contribution in [2.24, 2.45) is 0 Å². The summed E-state index contributed by atoms with van der Waals surface area (Å²) < 4.78 is 3.52. The van der Waals surface area contributed by atoms with Gasteiger partial charge in [-0.15, -0.1) is 15.3 Å². The second kappa shape index (κ2) is 5.90. The molecule has 0 spiro atoms. The van der Waals surface area contributed by atoms with E-state index in [1.54, 1.807) is 17.2 Å². The molecule has 0 unspecified atom stereocenters. The normalized spacial score (nSPS) is 15.7. The van der Waals surface area contributed by atoms with Crippen molar-refractivity contribution >= 4 is 23.1 Å². The summed E-state index contributed by atoms with van der Waals surface area (Å²) in [4.78, 5) is 13.3. The van der Waals surface area contributed by atoms with Gasteiger partial charge in [0.1, 0.15) is 24.3 Å². The van der Waals surface area contributed by atoms with Crippen molar-refractivity contribution in [1.82, 2.24) is 39.4 Å². The second-order valence-electron chi connectivity index (χ2n) is 6.38. The van der Waals surface area contributed by atoms with Crippen molar-refractivity contribution in [2.75, 3.05) is 36.0 Å². The molecule has 0 aliphatic carbocycles. The van der Waals surface area contributed by atoms with E-state index in [1.165, 1.54) is 0 Å². The lowest BCUT2D eigenvalue weighted by atomic mass is 10.3. The van der Waals surface area contributed by atoms with Crippen LogP contribution in [0.5, 0.6) is 0 Å². The number of fused-ring (bicyclic) bond motifs is 2. The Labute approximate surface area is 149 Å². The number of rotatable bonds is 2. The molecule has 0 bridgehead atoms. The van der Waals surface area contributed by atoms with Crippen LogP contribution in [0.1, 0.15) is 12.1 Å². The molecular formula is C16H18N10. The van der Waals surface area contributed by atoms with Crippen LogP contribution in [0, 0.1) is 6.92 Å². The molecule has 4 aromatic rings. The molecule has 26 heavy (non-hydrogen) atoms. The molecule has 0 N–H and O–H groups in total. The van der Waals surface area contributed by atoms with E-state index in [2.05, 4.69) is 46.2 Å². The highest BCUT2D eigenvalue weighted by Crippen LogP contribution is 2.20. The zero-order valence-corrected chi connectivity index (χ0v) is 14.4. The second-order valence-corrected chi connectivity index (χ2v) is 6.38. The van der Waals surface area contributed by atoms with Crippen LogP contribution in [0.3, 0.4) is 0 Å². The molecule has 1 saturated heterocycles.